The van der Waals surface area contributed by atoms with Gasteiger partial charge in [-0.3, -0.25) is 0 Å². The van der Waals surface area contributed by atoms with Crippen molar-refractivity contribution < 1.29 is 31.1 Å². The van der Waals surface area contributed by atoms with Gasteiger partial charge in [0.15, 0.2) is 6.29 Å². The summed E-state index contributed by atoms with van der Waals surface area (Å²) in [6.07, 6.45) is 1.37. The zero-order valence-corrected chi connectivity index (χ0v) is 32.2. The number of pyridine rings is 1. The number of hydrogen-bond acceptors (Lipinski definition) is 7. The van der Waals surface area contributed by atoms with Crippen LogP contribution in [0.15, 0.2) is 15.0 Å². The summed E-state index contributed by atoms with van der Waals surface area (Å²) in [6.45, 7) is 13.7. The molecule has 1 fully saturated rings. The number of aromatic nitrogens is 1. The Morgan fingerprint density at radius 3 is 2.29 bits per heavy atom. The van der Waals surface area contributed by atoms with E-state index in [-0.39, 0.29) is 5.69 Å². The lowest BCUT2D eigenvalue weighted by Gasteiger charge is -2.38. The first-order chi connectivity index (χ1) is 20.6. The Hall–Kier alpha value is -0.893. The fourth-order valence-corrected chi connectivity index (χ4v) is 12.8. The second kappa shape index (κ2) is 15.6. The van der Waals surface area contributed by atoms with Gasteiger partial charge in [0.05, 0.1) is 56.6 Å². The fourth-order valence-electron chi connectivity index (χ4n) is 5.23. The maximum atomic E-state index is 16.8. The Bertz CT molecular complexity index is 1360. The van der Waals surface area contributed by atoms with E-state index in [1.807, 2.05) is 26.8 Å². The number of hydrogen-bond donors (Lipinski definition) is 1. The molecule has 0 amide bonds. The zero-order chi connectivity index (χ0) is 34.5. The van der Waals surface area contributed by atoms with Crippen LogP contribution in [0.1, 0.15) is 87.3 Å². The van der Waals surface area contributed by atoms with Crippen molar-refractivity contribution in [3.63, 3.8) is 0 Å². The predicted octanol–water partition coefficient (Wildman–Crippen LogP) is 6.91. The fraction of sp³-hybridized carbons (Fsp3) is 0.800. The molecule has 2 rings (SSSR count). The van der Waals surface area contributed by atoms with Crippen molar-refractivity contribution in [2.24, 2.45) is 4.36 Å². The van der Waals surface area contributed by atoms with Gasteiger partial charge >= 0.3 is 0 Å². The second-order valence-electron chi connectivity index (χ2n) is 13.5. The van der Waals surface area contributed by atoms with Crippen molar-refractivity contribution >= 4 is 49.9 Å². The number of rotatable bonds is 15. The molecule has 1 N–H and O–H groups in total. The highest BCUT2D eigenvalue weighted by molar-refractivity contribution is 9.10. The molecule has 1 aromatic rings. The van der Waals surface area contributed by atoms with E-state index in [0.717, 1.165) is 31.0 Å². The van der Waals surface area contributed by atoms with E-state index in [1.54, 1.807) is 26.8 Å². The second-order valence-corrected chi connectivity index (χ2v) is 24.3. The molecule has 0 bridgehead atoms. The molecule has 2 unspecified atom stereocenters. The highest BCUT2D eigenvalue weighted by Gasteiger charge is 2.46. The molecule has 0 spiro atoms. The standard InChI is InChI=1S/C30H50BrF3N4O4S2Si/c1-10-45(11-2,12-3)22-17-23(31)37-26(25(22)32)29(9,38-43(39)27(4,5)6)21-44(40,28(7,8)18-35)36-19-30(33,34)20-42-24-15-13-14-16-41-24/h17,24,38H,10-16,19-21H2,1-9H3/t24?,29-,43+,44?/m0/s1. The average Bonchev–Trinajstić information content (AvgIpc) is 2.97. The van der Waals surface area contributed by atoms with E-state index in [1.165, 1.54) is 20.8 Å². The lowest BCUT2D eigenvalue weighted by Crippen LogP contribution is -2.55. The molecule has 45 heavy (non-hydrogen) atoms. The third-order valence-electron chi connectivity index (χ3n) is 8.60. The Kier molecular flexibility index (Phi) is 13.9. The van der Waals surface area contributed by atoms with Gasteiger partial charge in [-0.15, -0.1) is 0 Å². The molecule has 0 aromatic carbocycles. The largest absolute Gasteiger partial charge is 0.353 e. The molecule has 1 saturated heterocycles. The minimum absolute atomic E-state index is 0.155. The van der Waals surface area contributed by atoms with Crippen molar-refractivity contribution in [1.29, 1.82) is 5.26 Å². The summed E-state index contributed by atoms with van der Waals surface area (Å²) in [5.41, 5.74) is -1.90. The van der Waals surface area contributed by atoms with Crippen LogP contribution in [0.3, 0.4) is 0 Å². The average molecular weight is 760 g/mol. The van der Waals surface area contributed by atoms with Crippen molar-refractivity contribution in [1.82, 2.24) is 9.71 Å². The Labute approximate surface area is 279 Å². The minimum Gasteiger partial charge on any atom is -0.353 e. The van der Waals surface area contributed by atoms with Gasteiger partial charge in [0.25, 0.3) is 5.92 Å². The summed E-state index contributed by atoms with van der Waals surface area (Å²) in [6, 6.07) is 5.94. The molecule has 15 heteroatoms. The Morgan fingerprint density at radius 2 is 1.80 bits per heavy atom. The summed E-state index contributed by atoms with van der Waals surface area (Å²) in [7, 11) is -8.08. The summed E-state index contributed by atoms with van der Waals surface area (Å²) in [5, 5.41) is 10.6. The van der Waals surface area contributed by atoms with Crippen LogP contribution in [0.5, 0.6) is 0 Å². The molecular weight excluding hydrogens is 709 g/mol. The number of halogens is 4. The number of nitrogens with zero attached hydrogens (tertiary/aromatic N) is 3. The molecule has 258 valence electrons. The Balaban J connectivity index is 2.74. The first-order valence-electron chi connectivity index (χ1n) is 15.4. The van der Waals surface area contributed by atoms with Gasteiger partial charge in [-0.05, 0) is 88.0 Å². The van der Waals surface area contributed by atoms with E-state index in [9.17, 15) is 13.7 Å². The van der Waals surface area contributed by atoms with Crippen molar-refractivity contribution in [2.45, 2.75) is 127 Å². The van der Waals surface area contributed by atoms with Gasteiger partial charge in [0.2, 0.25) is 0 Å². The van der Waals surface area contributed by atoms with Crippen LogP contribution in [0.4, 0.5) is 13.2 Å². The van der Waals surface area contributed by atoms with E-state index < -0.39 is 80.8 Å². The molecular formula is C30H50BrF3N4O4S2Si. The topological polar surface area (TPSA) is 114 Å². The number of ether oxygens (including phenoxy) is 2. The summed E-state index contributed by atoms with van der Waals surface area (Å²) in [5.74, 6) is -4.74. The van der Waals surface area contributed by atoms with Gasteiger partial charge in [-0.2, -0.15) is 5.26 Å². The molecule has 1 aliphatic rings. The van der Waals surface area contributed by atoms with Gasteiger partial charge in [0, 0.05) is 6.61 Å². The van der Waals surface area contributed by atoms with Gasteiger partial charge in [-0.1, -0.05) is 38.9 Å². The lowest BCUT2D eigenvalue weighted by atomic mass is 10.0. The molecule has 0 aliphatic carbocycles. The molecule has 4 atom stereocenters. The Morgan fingerprint density at radius 1 is 1.20 bits per heavy atom. The third-order valence-corrected chi connectivity index (χ3v) is 19.5. The molecule has 1 aliphatic heterocycles. The van der Waals surface area contributed by atoms with Crippen LogP contribution in [0, 0.1) is 17.1 Å². The first kappa shape index (κ1) is 40.3. The van der Waals surface area contributed by atoms with E-state index in [4.69, 9.17) is 9.47 Å². The number of nitrogens with one attached hydrogen (secondary N) is 1. The smallest absolute Gasteiger partial charge is 0.290 e. The maximum absolute atomic E-state index is 16.8. The molecule has 0 radical (unpaired) electrons. The normalized spacial score (nSPS) is 20.1. The highest BCUT2D eigenvalue weighted by atomic mass is 79.9. The third kappa shape index (κ3) is 9.82. The summed E-state index contributed by atoms with van der Waals surface area (Å²) < 4.78 is 90.8. The van der Waals surface area contributed by atoms with Gasteiger partial charge in [-0.25, -0.2) is 35.7 Å². The quantitative estimate of drug-likeness (QED) is 0.154. The molecule has 0 saturated carbocycles. The molecule has 1 aromatic heterocycles. The van der Waals surface area contributed by atoms with Crippen LogP contribution in [-0.4, -0.2) is 68.7 Å². The van der Waals surface area contributed by atoms with Gasteiger partial charge in [0.1, 0.15) is 28.3 Å². The van der Waals surface area contributed by atoms with E-state index in [0.29, 0.717) is 22.8 Å². The summed E-state index contributed by atoms with van der Waals surface area (Å²) in [4.78, 5) is 4.47. The molecule has 8 nitrogen and oxygen atoms in total. The van der Waals surface area contributed by atoms with Crippen LogP contribution in [0.25, 0.3) is 0 Å². The number of alkyl halides is 2. The summed E-state index contributed by atoms with van der Waals surface area (Å²) >= 11 is 3.44. The van der Waals surface area contributed by atoms with Crippen LogP contribution >= 0.6 is 15.9 Å². The van der Waals surface area contributed by atoms with E-state index in [2.05, 4.69) is 30.0 Å². The number of nitriles is 1. The van der Waals surface area contributed by atoms with Crippen LogP contribution in [-0.2, 0) is 35.7 Å². The lowest BCUT2D eigenvalue weighted by molar-refractivity contribution is -0.197. The first-order valence-corrected chi connectivity index (χ1v) is 21.7. The van der Waals surface area contributed by atoms with Crippen molar-refractivity contribution in [2.75, 3.05) is 25.5 Å². The SMILES string of the molecule is CC[Si](CC)(CC)c1cc(Br)nc([C@](C)(CS(=O)(=NCC(F)(F)COC2CCCCO2)C(C)(C)C#N)N[S@](=O)C(C)(C)C)c1F. The molecule has 2 heterocycles. The van der Waals surface area contributed by atoms with E-state index >= 15 is 13.2 Å². The predicted molar refractivity (Wildman–Crippen MR) is 182 cm³/mol. The van der Waals surface area contributed by atoms with Crippen molar-refractivity contribution in [3.05, 3.63) is 22.2 Å². The zero-order valence-electron chi connectivity index (χ0n) is 28.0. The van der Waals surface area contributed by atoms with Gasteiger partial charge < -0.3 is 9.47 Å². The van der Waals surface area contributed by atoms with Crippen molar-refractivity contribution in [3.8, 4) is 6.07 Å². The highest BCUT2D eigenvalue weighted by Crippen LogP contribution is 2.34. The maximum Gasteiger partial charge on any atom is 0.290 e. The van der Waals surface area contributed by atoms with Crippen LogP contribution in [0.2, 0.25) is 18.1 Å². The minimum atomic E-state index is -3.90. The van der Waals surface area contributed by atoms with Crippen LogP contribution < -0.4 is 9.91 Å². The monoisotopic (exact) mass is 758 g/mol.